The Balaban J connectivity index is 2.48. The quantitative estimate of drug-likeness (QED) is 0.935. The molecule has 18 heavy (non-hydrogen) atoms. The second-order valence-corrected chi connectivity index (χ2v) is 5.42. The Labute approximate surface area is 110 Å². The number of carboxylic acids is 1. The van der Waals surface area contributed by atoms with Gasteiger partial charge in [0.2, 0.25) is 0 Å². The number of allylic oxidation sites excluding steroid dienone is 1. The Morgan fingerprint density at radius 3 is 2.89 bits per heavy atom. The van der Waals surface area contributed by atoms with E-state index in [1.54, 1.807) is 18.5 Å². The maximum absolute atomic E-state index is 12.4. The van der Waals surface area contributed by atoms with Crippen molar-refractivity contribution in [3.8, 4) is 10.0 Å². The SMILES string of the molecule is CC(=Cc1sc(-c2nccs2)nc1C(=O)O)CF. The molecule has 0 bridgehead atoms. The first-order valence-electron chi connectivity index (χ1n) is 4.99. The molecule has 0 spiro atoms. The summed E-state index contributed by atoms with van der Waals surface area (Å²) in [6.45, 7) is 0.998. The van der Waals surface area contributed by atoms with E-state index in [1.165, 1.54) is 28.7 Å². The molecule has 0 fully saturated rings. The number of alkyl halides is 1. The summed E-state index contributed by atoms with van der Waals surface area (Å²) in [5.41, 5.74) is 0.407. The minimum absolute atomic E-state index is 0.0574. The smallest absolute Gasteiger partial charge is 0.356 e. The molecule has 0 aliphatic heterocycles. The van der Waals surface area contributed by atoms with Crippen LogP contribution >= 0.6 is 22.7 Å². The predicted octanol–water partition coefficient (Wildman–Crippen LogP) is 3.34. The molecule has 2 aromatic heterocycles. The van der Waals surface area contributed by atoms with Crippen LogP contribution in [0.3, 0.4) is 0 Å². The zero-order chi connectivity index (χ0) is 13.1. The number of aromatic carboxylic acids is 1. The maximum Gasteiger partial charge on any atom is 0.356 e. The lowest BCUT2D eigenvalue weighted by molar-refractivity contribution is 0.0691. The fraction of sp³-hybridized carbons (Fsp3) is 0.182. The number of thiazole rings is 2. The Hall–Kier alpha value is -1.60. The van der Waals surface area contributed by atoms with Crippen molar-refractivity contribution in [2.45, 2.75) is 6.92 Å². The van der Waals surface area contributed by atoms with Crippen molar-refractivity contribution >= 4 is 34.7 Å². The summed E-state index contributed by atoms with van der Waals surface area (Å²) in [5.74, 6) is -1.12. The topological polar surface area (TPSA) is 63.1 Å². The third-order valence-electron chi connectivity index (χ3n) is 2.06. The van der Waals surface area contributed by atoms with E-state index < -0.39 is 12.6 Å². The van der Waals surface area contributed by atoms with Crippen LogP contribution in [0.4, 0.5) is 4.39 Å². The summed E-state index contributed by atoms with van der Waals surface area (Å²) < 4.78 is 12.4. The van der Waals surface area contributed by atoms with Gasteiger partial charge in [0.15, 0.2) is 15.7 Å². The first-order chi connectivity index (χ1) is 8.61. The van der Waals surface area contributed by atoms with Crippen molar-refractivity contribution in [2.75, 3.05) is 6.67 Å². The molecule has 0 aliphatic rings. The van der Waals surface area contributed by atoms with Crippen LogP contribution in [0, 0.1) is 0 Å². The van der Waals surface area contributed by atoms with Crippen LogP contribution in [0.25, 0.3) is 16.1 Å². The molecule has 0 atom stereocenters. The van der Waals surface area contributed by atoms with Crippen LogP contribution in [0.5, 0.6) is 0 Å². The summed E-state index contributed by atoms with van der Waals surface area (Å²) in [5, 5.41) is 12.1. The van der Waals surface area contributed by atoms with Gasteiger partial charge in [-0.2, -0.15) is 0 Å². The molecule has 0 saturated carbocycles. The van der Waals surface area contributed by atoms with Gasteiger partial charge in [-0.3, -0.25) is 0 Å². The molecule has 0 saturated heterocycles. The first-order valence-corrected chi connectivity index (χ1v) is 6.68. The fourth-order valence-corrected chi connectivity index (χ4v) is 3.03. The van der Waals surface area contributed by atoms with Gasteiger partial charge in [0.25, 0.3) is 0 Å². The van der Waals surface area contributed by atoms with E-state index in [2.05, 4.69) is 9.97 Å². The Morgan fingerprint density at radius 2 is 2.33 bits per heavy atom. The van der Waals surface area contributed by atoms with E-state index in [-0.39, 0.29) is 5.69 Å². The van der Waals surface area contributed by atoms with Gasteiger partial charge in [-0.25, -0.2) is 19.2 Å². The van der Waals surface area contributed by atoms with Crippen LogP contribution in [0.15, 0.2) is 17.2 Å². The van der Waals surface area contributed by atoms with Crippen molar-refractivity contribution in [1.29, 1.82) is 0 Å². The molecule has 94 valence electrons. The molecule has 2 aromatic rings. The minimum atomic E-state index is -1.12. The summed E-state index contributed by atoms with van der Waals surface area (Å²) in [7, 11) is 0. The van der Waals surface area contributed by atoms with E-state index >= 15 is 0 Å². The molecule has 7 heteroatoms. The third kappa shape index (κ3) is 2.62. The summed E-state index contributed by atoms with van der Waals surface area (Å²) >= 11 is 2.59. The van der Waals surface area contributed by atoms with Gasteiger partial charge >= 0.3 is 5.97 Å². The highest BCUT2D eigenvalue weighted by molar-refractivity contribution is 7.21. The van der Waals surface area contributed by atoms with Crippen molar-refractivity contribution in [1.82, 2.24) is 9.97 Å². The van der Waals surface area contributed by atoms with Crippen LogP contribution in [0.1, 0.15) is 22.3 Å². The minimum Gasteiger partial charge on any atom is -0.476 e. The van der Waals surface area contributed by atoms with Gasteiger partial charge in [-0.05, 0) is 18.6 Å². The lowest BCUT2D eigenvalue weighted by Gasteiger charge is -1.92. The number of rotatable bonds is 4. The van der Waals surface area contributed by atoms with Crippen molar-refractivity contribution in [3.63, 3.8) is 0 Å². The molecule has 0 aliphatic carbocycles. The fourth-order valence-electron chi connectivity index (χ4n) is 1.27. The molecular formula is C11H9FN2O2S2. The highest BCUT2D eigenvalue weighted by Crippen LogP contribution is 2.31. The normalized spacial score (nSPS) is 11.8. The van der Waals surface area contributed by atoms with Crippen LogP contribution < -0.4 is 0 Å². The standard InChI is InChI=1S/C11H9FN2O2S2/c1-6(5-12)4-7-8(11(15)16)14-10(18-7)9-13-2-3-17-9/h2-4H,5H2,1H3,(H,15,16). The van der Waals surface area contributed by atoms with Crippen LogP contribution in [-0.2, 0) is 0 Å². The number of halogens is 1. The van der Waals surface area contributed by atoms with Gasteiger partial charge in [0.05, 0.1) is 4.88 Å². The molecule has 0 radical (unpaired) electrons. The molecule has 0 amide bonds. The molecule has 4 nitrogen and oxygen atoms in total. The Morgan fingerprint density at radius 1 is 1.56 bits per heavy atom. The van der Waals surface area contributed by atoms with E-state index in [1.807, 2.05) is 0 Å². The van der Waals surface area contributed by atoms with Gasteiger partial charge in [0, 0.05) is 11.6 Å². The zero-order valence-electron chi connectivity index (χ0n) is 9.38. The molecule has 1 N–H and O–H groups in total. The van der Waals surface area contributed by atoms with Crippen LogP contribution in [0.2, 0.25) is 0 Å². The number of hydrogen-bond donors (Lipinski definition) is 1. The molecule has 2 rings (SSSR count). The van der Waals surface area contributed by atoms with E-state index in [9.17, 15) is 9.18 Å². The second-order valence-electron chi connectivity index (χ2n) is 3.50. The van der Waals surface area contributed by atoms with Crippen LogP contribution in [-0.4, -0.2) is 27.7 Å². The van der Waals surface area contributed by atoms with E-state index in [4.69, 9.17) is 5.11 Å². The van der Waals surface area contributed by atoms with E-state index in [0.29, 0.717) is 20.5 Å². The van der Waals surface area contributed by atoms with Crippen molar-refractivity contribution < 1.29 is 14.3 Å². The second kappa shape index (κ2) is 5.36. The average Bonchev–Trinajstić information content (AvgIpc) is 2.96. The molecule has 0 aromatic carbocycles. The highest BCUT2D eigenvalue weighted by atomic mass is 32.1. The van der Waals surface area contributed by atoms with Crippen molar-refractivity contribution in [3.05, 3.63) is 27.7 Å². The number of hydrogen-bond acceptors (Lipinski definition) is 5. The van der Waals surface area contributed by atoms with Gasteiger partial charge in [-0.15, -0.1) is 22.7 Å². The van der Waals surface area contributed by atoms with Crippen molar-refractivity contribution in [2.24, 2.45) is 0 Å². The summed E-state index contributed by atoms with van der Waals surface area (Å²) in [6.07, 6.45) is 3.14. The van der Waals surface area contributed by atoms with Gasteiger partial charge < -0.3 is 5.11 Å². The Kier molecular flexibility index (Phi) is 3.83. The number of nitrogens with zero attached hydrogens (tertiary/aromatic N) is 2. The molecule has 0 unspecified atom stereocenters. The van der Waals surface area contributed by atoms with Gasteiger partial charge in [-0.1, -0.05) is 0 Å². The molecule has 2 heterocycles. The number of carboxylic acid groups (broad SMARTS) is 1. The lowest BCUT2D eigenvalue weighted by atomic mass is 10.2. The van der Waals surface area contributed by atoms with E-state index in [0.717, 1.165) is 0 Å². The number of aromatic nitrogens is 2. The summed E-state index contributed by atoms with van der Waals surface area (Å²) in [4.78, 5) is 19.6. The number of carbonyl (C=O) groups is 1. The predicted molar refractivity (Wildman–Crippen MR) is 69.8 cm³/mol. The highest BCUT2D eigenvalue weighted by Gasteiger charge is 2.18. The monoisotopic (exact) mass is 284 g/mol. The summed E-state index contributed by atoms with van der Waals surface area (Å²) in [6, 6.07) is 0. The average molecular weight is 284 g/mol. The lowest BCUT2D eigenvalue weighted by Crippen LogP contribution is -1.98. The van der Waals surface area contributed by atoms with Gasteiger partial charge in [0.1, 0.15) is 6.67 Å². The largest absolute Gasteiger partial charge is 0.476 e. The first kappa shape index (κ1) is 12.8. The Bertz CT molecular complexity index is 590. The molecular weight excluding hydrogens is 275 g/mol. The zero-order valence-corrected chi connectivity index (χ0v) is 11.0. The maximum atomic E-state index is 12.4. The third-order valence-corrected chi connectivity index (χ3v) is 3.98.